The van der Waals surface area contributed by atoms with Crippen LogP contribution in [0, 0.1) is 0 Å². The maximum absolute atomic E-state index is 12.4. The second kappa shape index (κ2) is 11.3. The van der Waals surface area contributed by atoms with Crippen LogP contribution >= 0.6 is 24.0 Å². The summed E-state index contributed by atoms with van der Waals surface area (Å²) in [5.74, 6) is 0.458. The van der Waals surface area contributed by atoms with E-state index in [0.29, 0.717) is 44.4 Å². The molecule has 162 valence electrons. The van der Waals surface area contributed by atoms with Crippen LogP contribution in [0.5, 0.6) is 0 Å². The molecule has 1 aromatic rings. The molecule has 1 aliphatic rings. The number of hydrogen-bond donors (Lipinski definition) is 2. The molecule has 14 heteroatoms. The van der Waals surface area contributed by atoms with E-state index in [1.807, 2.05) is 4.90 Å². The van der Waals surface area contributed by atoms with Crippen LogP contribution < -0.4 is 10.0 Å². The molecular formula is C14H27IN6O5S2. The van der Waals surface area contributed by atoms with E-state index in [-0.39, 0.29) is 42.0 Å². The number of rotatable bonds is 8. The van der Waals surface area contributed by atoms with Crippen molar-refractivity contribution in [3.63, 3.8) is 0 Å². The number of hydrogen-bond acceptors (Lipinski definition) is 7. The molecule has 1 aromatic heterocycles. The molecule has 0 aliphatic carbocycles. The highest BCUT2D eigenvalue weighted by Crippen LogP contribution is 2.12. The van der Waals surface area contributed by atoms with Gasteiger partial charge < -0.3 is 14.7 Å². The van der Waals surface area contributed by atoms with Gasteiger partial charge in [0.25, 0.3) is 0 Å². The number of halogens is 1. The molecule has 28 heavy (non-hydrogen) atoms. The average Bonchev–Trinajstić information content (AvgIpc) is 3.14. The van der Waals surface area contributed by atoms with Crippen LogP contribution in [0.2, 0.25) is 0 Å². The molecule has 0 aromatic carbocycles. The zero-order chi connectivity index (χ0) is 19.9. The maximum atomic E-state index is 12.4. The Hall–Kier alpha value is -0.970. The second-order valence-electron chi connectivity index (χ2n) is 5.90. The van der Waals surface area contributed by atoms with Gasteiger partial charge in [0.15, 0.2) is 5.96 Å². The van der Waals surface area contributed by atoms with Gasteiger partial charge in [-0.3, -0.25) is 4.99 Å². The van der Waals surface area contributed by atoms with Crippen molar-refractivity contribution in [2.45, 2.75) is 12.7 Å². The Kier molecular flexibility index (Phi) is 10.1. The number of nitrogens with zero attached hydrogens (tertiary/aromatic N) is 4. The number of nitrogens with one attached hydrogen (secondary N) is 2. The maximum Gasteiger partial charge on any atom is 0.220 e. The van der Waals surface area contributed by atoms with Gasteiger partial charge in [-0.05, 0) is 6.92 Å². The standard InChI is InChI=1S/C14H26N6O5S2.HI/c1-3-26(21,22)17-6-5-16-14(15-2)19-7-9-20(10-8-19)27(23,24)12-13-4-11-25-18-13;/h4,11,17H,3,5-10,12H2,1-2H3,(H,15,16);1H. The first-order valence-electron chi connectivity index (χ1n) is 8.57. The molecule has 0 unspecified atom stereocenters. The van der Waals surface area contributed by atoms with Crippen molar-refractivity contribution in [2.24, 2.45) is 4.99 Å². The summed E-state index contributed by atoms with van der Waals surface area (Å²) >= 11 is 0. The molecule has 1 aliphatic heterocycles. The molecule has 0 spiro atoms. The number of aromatic nitrogens is 1. The van der Waals surface area contributed by atoms with Crippen molar-refractivity contribution < 1.29 is 21.4 Å². The third-order valence-electron chi connectivity index (χ3n) is 4.08. The molecule has 0 amide bonds. The van der Waals surface area contributed by atoms with E-state index in [0.717, 1.165) is 0 Å². The average molecular weight is 550 g/mol. The van der Waals surface area contributed by atoms with Crippen molar-refractivity contribution in [2.75, 3.05) is 52.1 Å². The lowest BCUT2D eigenvalue weighted by Crippen LogP contribution is -2.54. The number of guanidine groups is 1. The highest BCUT2D eigenvalue weighted by molar-refractivity contribution is 14.0. The fourth-order valence-corrected chi connectivity index (χ4v) is 4.63. The van der Waals surface area contributed by atoms with Gasteiger partial charge in [-0.2, -0.15) is 4.31 Å². The summed E-state index contributed by atoms with van der Waals surface area (Å²) in [6, 6.07) is 1.53. The van der Waals surface area contributed by atoms with Gasteiger partial charge in [-0.25, -0.2) is 21.6 Å². The van der Waals surface area contributed by atoms with Crippen molar-refractivity contribution in [3.05, 3.63) is 18.0 Å². The Morgan fingerprint density at radius 1 is 1.21 bits per heavy atom. The minimum atomic E-state index is -3.46. The van der Waals surface area contributed by atoms with Crippen molar-refractivity contribution in [1.29, 1.82) is 0 Å². The molecule has 2 rings (SSSR count). The Bertz CT molecular complexity index is 820. The van der Waals surface area contributed by atoms with Crippen LogP contribution in [0.4, 0.5) is 0 Å². The Morgan fingerprint density at radius 3 is 2.43 bits per heavy atom. The summed E-state index contributed by atoms with van der Waals surface area (Å²) < 4.78 is 56.3. The zero-order valence-corrected chi connectivity index (χ0v) is 19.8. The molecule has 11 nitrogen and oxygen atoms in total. The molecule has 0 saturated carbocycles. The molecule has 0 atom stereocenters. The smallest absolute Gasteiger partial charge is 0.220 e. The van der Waals surface area contributed by atoms with Gasteiger partial charge in [0.2, 0.25) is 20.0 Å². The number of piperazine rings is 1. The van der Waals surface area contributed by atoms with Gasteiger partial charge in [-0.15, -0.1) is 24.0 Å². The van der Waals surface area contributed by atoms with Crippen molar-refractivity contribution >= 4 is 50.0 Å². The Balaban J connectivity index is 0.00000392. The third kappa shape index (κ3) is 7.46. The van der Waals surface area contributed by atoms with Crippen LogP contribution in [-0.2, 0) is 25.8 Å². The largest absolute Gasteiger partial charge is 0.364 e. The molecule has 1 fully saturated rings. The van der Waals surface area contributed by atoms with Gasteiger partial charge in [0.05, 0.1) is 11.4 Å². The van der Waals surface area contributed by atoms with E-state index in [1.165, 1.54) is 16.6 Å². The molecule has 2 N–H and O–H groups in total. The lowest BCUT2D eigenvalue weighted by atomic mass is 10.4. The number of aliphatic imine (C=N–C) groups is 1. The van der Waals surface area contributed by atoms with Gasteiger partial charge in [0.1, 0.15) is 12.0 Å². The highest BCUT2D eigenvalue weighted by Gasteiger charge is 2.28. The van der Waals surface area contributed by atoms with E-state index in [1.54, 1.807) is 14.0 Å². The quantitative estimate of drug-likeness (QED) is 0.187. The summed E-state index contributed by atoms with van der Waals surface area (Å²) in [6.07, 6.45) is 1.35. The topological polar surface area (TPSA) is 137 Å². The van der Waals surface area contributed by atoms with Crippen LogP contribution in [0.25, 0.3) is 0 Å². The van der Waals surface area contributed by atoms with Crippen molar-refractivity contribution in [1.82, 2.24) is 24.4 Å². The van der Waals surface area contributed by atoms with E-state index in [2.05, 4.69) is 24.7 Å². The SMILES string of the molecule is CCS(=O)(=O)NCCNC(=NC)N1CCN(S(=O)(=O)Cc2ccon2)CC1.I. The van der Waals surface area contributed by atoms with Crippen LogP contribution in [0.15, 0.2) is 21.8 Å². The van der Waals surface area contributed by atoms with Crippen LogP contribution in [-0.4, -0.2) is 89.2 Å². The van der Waals surface area contributed by atoms with Crippen LogP contribution in [0.3, 0.4) is 0 Å². The summed E-state index contributed by atoms with van der Waals surface area (Å²) in [4.78, 5) is 6.12. The first kappa shape index (κ1) is 25.1. The summed E-state index contributed by atoms with van der Waals surface area (Å²) in [5, 5.41) is 6.73. The number of sulfonamides is 2. The summed E-state index contributed by atoms with van der Waals surface area (Å²) in [7, 11) is -5.05. The summed E-state index contributed by atoms with van der Waals surface area (Å²) in [5.41, 5.74) is 0.379. The predicted octanol–water partition coefficient (Wildman–Crippen LogP) is -0.745. The highest BCUT2D eigenvalue weighted by atomic mass is 127. The van der Waals surface area contributed by atoms with Crippen LogP contribution in [0.1, 0.15) is 12.6 Å². The van der Waals surface area contributed by atoms with Gasteiger partial charge >= 0.3 is 0 Å². The fraction of sp³-hybridized carbons (Fsp3) is 0.714. The van der Waals surface area contributed by atoms with Gasteiger partial charge in [0, 0.05) is 52.4 Å². The minimum absolute atomic E-state index is 0. The lowest BCUT2D eigenvalue weighted by Gasteiger charge is -2.35. The predicted molar refractivity (Wildman–Crippen MR) is 117 cm³/mol. The van der Waals surface area contributed by atoms with Gasteiger partial charge in [-0.1, -0.05) is 5.16 Å². The molecular weight excluding hydrogens is 523 g/mol. The second-order valence-corrected chi connectivity index (χ2v) is 9.97. The van der Waals surface area contributed by atoms with E-state index in [9.17, 15) is 16.8 Å². The van der Waals surface area contributed by atoms with Crippen molar-refractivity contribution in [3.8, 4) is 0 Å². The van der Waals surface area contributed by atoms with E-state index < -0.39 is 20.0 Å². The normalized spacial score (nSPS) is 16.6. The monoisotopic (exact) mass is 550 g/mol. The zero-order valence-electron chi connectivity index (χ0n) is 15.9. The fourth-order valence-electron chi connectivity index (χ4n) is 2.58. The summed E-state index contributed by atoms with van der Waals surface area (Å²) in [6.45, 7) is 3.85. The first-order chi connectivity index (χ1) is 12.8. The van der Waals surface area contributed by atoms with E-state index in [4.69, 9.17) is 0 Å². The first-order valence-corrected chi connectivity index (χ1v) is 11.8. The Labute approximate surface area is 183 Å². The third-order valence-corrected chi connectivity index (χ3v) is 7.29. The minimum Gasteiger partial charge on any atom is -0.364 e. The molecule has 0 bridgehead atoms. The molecule has 2 heterocycles. The molecule has 1 saturated heterocycles. The van der Waals surface area contributed by atoms with E-state index >= 15 is 0 Å². The Morgan fingerprint density at radius 2 is 1.89 bits per heavy atom. The molecule has 0 radical (unpaired) electrons. The lowest BCUT2D eigenvalue weighted by molar-refractivity contribution is 0.260.